The first-order valence-corrected chi connectivity index (χ1v) is 7.62. The Morgan fingerprint density at radius 3 is 2.10 bits per heavy atom. The molecule has 1 amide bonds. The molecule has 20 heavy (non-hydrogen) atoms. The van der Waals surface area contributed by atoms with Crippen LogP contribution in [0.1, 0.15) is 27.7 Å². The molecule has 5 nitrogen and oxygen atoms in total. The minimum Gasteiger partial charge on any atom is -0.285 e. The number of hydrogen-bond donors (Lipinski definition) is 1. The maximum atomic E-state index is 12.4. The summed E-state index contributed by atoms with van der Waals surface area (Å²) in [6.45, 7) is 8.06. The normalized spacial score (nSPS) is 21.1. The molecule has 0 spiro atoms. The van der Waals surface area contributed by atoms with Crippen molar-refractivity contribution in [3.8, 4) is 0 Å². The zero-order chi connectivity index (χ0) is 15.6. The fourth-order valence-corrected chi connectivity index (χ4v) is 2.80. The fourth-order valence-electron chi connectivity index (χ4n) is 2.39. The van der Waals surface area contributed by atoms with Gasteiger partial charge in [-0.2, -0.15) is 0 Å². The number of nitrogens with one attached hydrogen (secondary N) is 1. The Labute approximate surface area is 130 Å². The summed E-state index contributed by atoms with van der Waals surface area (Å²) in [6.07, 6.45) is 1.72. The van der Waals surface area contributed by atoms with Crippen molar-refractivity contribution >= 4 is 29.1 Å². The second-order valence-corrected chi connectivity index (χ2v) is 6.63. The lowest BCUT2D eigenvalue weighted by Crippen LogP contribution is -2.51. The molecule has 1 radical (unpaired) electrons. The first-order chi connectivity index (χ1) is 9.16. The molecular formula is C13H22Cl2N3O2. The molecule has 0 unspecified atom stereocenters. The average molecular weight is 323 g/mol. The van der Waals surface area contributed by atoms with Crippen LogP contribution in [0.25, 0.3) is 0 Å². The molecule has 0 atom stereocenters. The van der Waals surface area contributed by atoms with Crippen LogP contribution in [0.4, 0.5) is 0 Å². The van der Waals surface area contributed by atoms with Crippen molar-refractivity contribution in [1.29, 1.82) is 0 Å². The number of nitrogens with zero attached hydrogens (tertiary/aromatic N) is 2. The smallest absolute Gasteiger partial charge is 0.263 e. The molecule has 0 aromatic rings. The van der Waals surface area contributed by atoms with E-state index in [1.807, 2.05) is 0 Å². The Bertz CT molecular complexity index is 391. The zero-order valence-electron chi connectivity index (χ0n) is 12.4. The van der Waals surface area contributed by atoms with E-state index in [0.29, 0.717) is 30.4 Å². The Hall–Kier alpha value is -0.330. The summed E-state index contributed by atoms with van der Waals surface area (Å²) in [4.78, 5) is 12.4. The highest BCUT2D eigenvalue weighted by molar-refractivity contribution is 6.18. The molecule has 1 aliphatic rings. The largest absolute Gasteiger partial charge is 0.285 e. The quantitative estimate of drug-likeness (QED) is 0.600. The summed E-state index contributed by atoms with van der Waals surface area (Å²) in [5.41, 5.74) is 1.68. The monoisotopic (exact) mass is 322 g/mol. The molecule has 1 heterocycles. The van der Waals surface area contributed by atoms with Crippen LogP contribution in [0.2, 0.25) is 0 Å². The summed E-state index contributed by atoms with van der Waals surface area (Å²) in [5, 5.41) is 14.8. The van der Waals surface area contributed by atoms with Crippen LogP contribution in [0.15, 0.2) is 11.6 Å². The maximum absolute atomic E-state index is 12.4. The molecule has 1 N–H and O–H groups in total. The second kappa shape index (κ2) is 6.62. The highest BCUT2D eigenvalue weighted by Crippen LogP contribution is 2.38. The van der Waals surface area contributed by atoms with Crippen molar-refractivity contribution < 1.29 is 10.0 Å². The molecule has 0 aromatic carbocycles. The van der Waals surface area contributed by atoms with Gasteiger partial charge in [0.2, 0.25) is 0 Å². The van der Waals surface area contributed by atoms with Crippen molar-refractivity contribution in [3.05, 3.63) is 11.6 Å². The molecule has 0 fully saturated rings. The molecule has 0 saturated heterocycles. The second-order valence-electron chi connectivity index (χ2n) is 5.87. The van der Waals surface area contributed by atoms with Gasteiger partial charge in [-0.15, -0.1) is 33.5 Å². The number of hydrazine groups is 1. The number of carbonyl (C=O) groups is 1. The number of alkyl halides is 2. The summed E-state index contributed by atoms with van der Waals surface area (Å²) in [6, 6.07) is 0. The number of hydroxylamine groups is 2. The van der Waals surface area contributed by atoms with Gasteiger partial charge >= 0.3 is 0 Å². The van der Waals surface area contributed by atoms with Crippen molar-refractivity contribution in [2.75, 3.05) is 24.8 Å². The van der Waals surface area contributed by atoms with Gasteiger partial charge in [-0.3, -0.25) is 10.2 Å². The number of rotatable bonds is 6. The predicted molar refractivity (Wildman–Crippen MR) is 79.9 cm³/mol. The molecule has 0 aliphatic carbocycles. The summed E-state index contributed by atoms with van der Waals surface area (Å²) in [7, 11) is 0. The molecule has 1 rings (SSSR count). The van der Waals surface area contributed by atoms with Crippen molar-refractivity contribution in [1.82, 2.24) is 15.5 Å². The van der Waals surface area contributed by atoms with Crippen molar-refractivity contribution in [2.24, 2.45) is 0 Å². The van der Waals surface area contributed by atoms with Crippen LogP contribution in [0.3, 0.4) is 0 Å². The van der Waals surface area contributed by atoms with E-state index in [1.165, 1.54) is 0 Å². The first kappa shape index (κ1) is 17.7. The summed E-state index contributed by atoms with van der Waals surface area (Å²) >= 11 is 11.4. The Morgan fingerprint density at radius 2 is 1.75 bits per heavy atom. The number of amides is 1. The van der Waals surface area contributed by atoms with E-state index in [0.717, 1.165) is 5.06 Å². The van der Waals surface area contributed by atoms with Gasteiger partial charge in [0, 0.05) is 30.4 Å². The SMILES string of the molecule is CC1(C)C=C(C(=O)NN(CCCl)CCCl)C(C)(C)N1[O]. The summed E-state index contributed by atoms with van der Waals surface area (Å²) in [5.74, 6) is 0.494. The standard InChI is InChI=1S/C13H22Cl2N3O2/c1-12(2)9-10(13(3,4)18(12)20)11(19)16-17(7-5-14)8-6-15/h9H,5-8H2,1-4H3,(H,16,19). The lowest BCUT2D eigenvalue weighted by molar-refractivity contribution is -0.238. The molecule has 1 aliphatic heterocycles. The van der Waals surface area contributed by atoms with Crippen LogP contribution in [0, 0.1) is 0 Å². The Morgan fingerprint density at radius 1 is 1.25 bits per heavy atom. The molecular weight excluding hydrogens is 301 g/mol. The lowest BCUT2D eigenvalue weighted by Gasteiger charge is -2.34. The van der Waals surface area contributed by atoms with Crippen LogP contribution in [-0.4, -0.2) is 51.9 Å². The van der Waals surface area contributed by atoms with Gasteiger partial charge in [0.25, 0.3) is 5.91 Å². The van der Waals surface area contributed by atoms with Gasteiger partial charge < -0.3 is 0 Å². The number of hydrogen-bond acceptors (Lipinski definition) is 3. The molecule has 7 heteroatoms. The van der Waals surface area contributed by atoms with E-state index in [4.69, 9.17) is 23.2 Å². The summed E-state index contributed by atoms with van der Waals surface area (Å²) < 4.78 is 0. The molecule has 115 valence electrons. The number of carbonyl (C=O) groups excluding carboxylic acids is 1. The topological polar surface area (TPSA) is 55.5 Å². The molecule has 0 bridgehead atoms. The van der Waals surface area contributed by atoms with E-state index in [1.54, 1.807) is 38.8 Å². The highest BCUT2D eigenvalue weighted by Gasteiger charge is 2.48. The minimum atomic E-state index is -0.860. The first-order valence-electron chi connectivity index (χ1n) is 6.55. The van der Waals surface area contributed by atoms with E-state index in [-0.39, 0.29) is 5.91 Å². The van der Waals surface area contributed by atoms with Gasteiger partial charge in [0.05, 0.1) is 11.1 Å². The molecule has 0 saturated carbocycles. The maximum Gasteiger partial charge on any atom is 0.263 e. The van der Waals surface area contributed by atoms with Crippen LogP contribution < -0.4 is 5.43 Å². The van der Waals surface area contributed by atoms with E-state index in [9.17, 15) is 10.0 Å². The minimum absolute atomic E-state index is 0.281. The fraction of sp³-hybridized carbons (Fsp3) is 0.769. The third-order valence-corrected chi connectivity index (χ3v) is 3.74. The number of halogens is 2. The Kier molecular flexibility index (Phi) is 5.87. The van der Waals surface area contributed by atoms with E-state index in [2.05, 4.69) is 5.43 Å². The predicted octanol–water partition coefficient (Wildman–Crippen LogP) is 1.94. The van der Waals surface area contributed by atoms with E-state index < -0.39 is 11.1 Å². The van der Waals surface area contributed by atoms with Gasteiger partial charge in [-0.05, 0) is 27.7 Å². The zero-order valence-corrected chi connectivity index (χ0v) is 13.9. The van der Waals surface area contributed by atoms with Gasteiger partial charge in [-0.1, -0.05) is 6.08 Å². The van der Waals surface area contributed by atoms with Crippen LogP contribution >= 0.6 is 23.2 Å². The van der Waals surface area contributed by atoms with Gasteiger partial charge in [0.1, 0.15) is 0 Å². The molecule has 0 aromatic heterocycles. The van der Waals surface area contributed by atoms with Crippen molar-refractivity contribution in [2.45, 2.75) is 38.8 Å². The lowest BCUT2D eigenvalue weighted by atomic mass is 9.96. The van der Waals surface area contributed by atoms with Crippen LogP contribution in [-0.2, 0) is 10.0 Å². The third-order valence-electron chi connectivity index (χ3n) is 3.40. The average Bonchev–Trinajstić information content (AvgIpc) is 2.50. The van der Waals surface area contributed by atoms with Crippen LogP contribution in [0.5, 0.6) is 0 Å². The van der Waals surface area contributed by atoms with E-state index >= 15 is 0 Å². The third kappa shape index (κ3) is 3.65. The van der Waals surface area contributed by atoms with Crippen molar-refractivity contribution in [3.63, 3.8) is 0 Å². The highest BCUT2D eigenvalue weighted by atomic mass is 35.5. The van der Waals surface area contributed by atoms with Gasteiger partial charge in [0.15, 0.2) is 0 Å². The van der Waals surface area contributed by atoms with Gasteiger partial charge in [-0.25, -0.2) is 5.01 Å². The Balaban J connectivity index is 2.86.